The molecular weight excluding hydrogens is 288 g/mol. The molecule has 0 unspecified atom stereocenters. The zero-order valence-corrected chi connectivity index (χ0v) is 12.8. The third kappa shape index (κ3) is 5.42. The van der Waals surface area contributed by atoms with Gasteiger partial charge in [-0.25, -0.2) is 4.79 Å². The van der Waals surface area contributed by atoms with Crippen molar-refractivity contribution in [3.8, 4) is 0 Å². The second kappa shape index (κ2) is 8.45. The molecule has 0 aliphatic carbocycles. The molecule has 2 atom stereocenters. The third-order valence-electron chi connectivity index (χ3n) is 3.58. The first kappa shape index (κ1) is 18.1. The van der Waals surface area contributed by atoms with E-state index >= 15 is 0 Å². The lowest BCUT2D eigenvalue weighted by molar-refractivity contribution is -0.152. The summed E-state index contributed by atoms with van der Waals surface area (Å²) in [6, 6.07) is 4.84. The molecule has 1 aromatic heterocycles. The van der Waals surface area contributed by atoms with Crippen LogP contribution < -0.4 is 0 Å². The molecule has 0 aromatic carbocycles. The zero-order chi connectivity index (χ0) is 16.7. The van der Waals surface area contributed by atoms with E-state index in [4.69, 9.17) is 15.3 Å². The SMILES string of the molecule is Cc1ncccc1[C@@H]1CCCN1C.O=C(O)C[C@H](O)C(=O)O. The number of carboxylic acid groups (broad SMARTS) is 2. The van der Waals surface area contributed by atoms with Crippen LogP contribution in [0.4, 0.5) is 0 Å². The van der Waals surface area contributed by atoms with Gasteiger partial charge >= 0.3 is 11.9 Å². The van der Waals surface area contributed by atoms with Crippen LogP contribution in [0.2, 0.25) is 0 Å². The first-order valence-electron chi connectivity index (χ1n) is 7.07. The molecule has 0 spiro atoms. The maximum Gasteiger partial charge on any atom is 0.333 e. The van der Waals surface area contributed by atoms with Gasteiger partial charge in [0, 0.05) is 17.9 Å². The van der Waals surface area contributed by atoms with Crippen molar-refractivity contribution >= 4 is 11.9 Å². The van der Waals surface area contributed by atoms with Gasteiger partial charge in [-0.1, -0.05) is 6.07 Å². The minimum atomic E-state index is -1.79. The van der Waals surface area contributed by atoms with E-state index in [1.165, 1.54) is 30.6 Å². The van der Waals surface area contributed by atoms with Gasteiger partial charge in [-0.15, -0.1) is 0 Å². The summed E-state index contributed by atoms with van der Waals surface area (Å²) in [5.74, 6) is -2.85. The van der Waals surface area contributed by atoms with E-state index in [1.807, 2.05) is 12.3 Å². The minimum absolute atomic E-state index is 0.605. The summed E-state index contributed by atoms with van der Waals surface area (Å²) in [6.45, 7) is 3.32. The highest BCUT2D eigenvalue weighted by Crippen LogP contribution is 2.31. The van der Waals surface area contributed by atoms with Gasteiger partial charge in [-0.05, 0) is 45.0 Å². The number of aliphatic hydroxyl groups is 1. The molecule has 1 aliphatic rings. The lowest BCUT2D eigenvalue weighted by Crippen LogP contribution is -2.22. The Hall–Kier alpha value is -1.99. The lowest BCUT2D eigenvalue weighted by Gasteiger charge is -2.20. The van der Waals surface area contributed by atoms with E-state index < -0.39 is 24.5 Å². The predicted octanol–water partition coefficient (Wildman–Crippen LogP) is 1.06. The van der Waals surface area contributed by atoms with E-state index in [1.54, 1.807) is 0 Å². The van der Waals surface area contributed by atoms with Gasteiger partial charge in [0.15, 0.2) is 6.10 Å². The average Bonchev–Trinajstić information content (AvgIpc) is 2.85. The van der Waals surface area contributed by atoms with Gasteiger partial charge in [-0.3, -0.25) is 14.7 Å². The largest absolute Gasteiger partial charge is 0.481 e. The highest BCUT2D eigenvalue weighted by Gasteiger charge is 2.23. The van der Waals surface area contributed by atoms with Crippen LogP contribution in [0, 0.1) is 6.92 Å². The van der Waals surface area contributed by atoms with E-state index in [9.17, 15) is 9.59 Å². The third-order valence-corrected chi connectivity index (χ3v) is 3.58. The van der Waals surface area contributed by atoms with Crippen LogP contribution in [-0.2, 0) is 9.59 Å². The van der Waals surface area contributed by atoms with E-state index in [2.05, 4.69) is 29.9 Å². The molecule has 3 N–H and O–H groups in total. The Morgan fingerprint density at radius 1 is 1.45 bits per heavy atom. The molecule has 0 bridgehead atoms. The van der Waals surface area contributed by atoms with Crippen molar-refractivity contribution in [2.75, 3.05) is 13.6 Å². The first-order chi connectivity index (χ1) is 10.3. The quantitative estimate of drug-likeness (QED) is 0.762. The van der Waals surface area contributed by atoms with Gasteiger partial charge in [-0.2, -0.15) is 0 Å². The van der Waals surface area contributed by atoms with Crippen LogP contribution in [-0.4, -0.2) is 56.8 Å². The second-order valence-corrected chi connectivity index (χ2v) is 5.27. The highest BCUT2D eigenvalue weighted by molar-refractivity contribution is 5.79. The van der Waals surface area contributed by atoms with Crippen molar-refractivity contribution in [3.05, 3.63) is 29.6 Å². The molecule has 1 fully saturated rings. The van der Waals surface area contributed by atoms with E-state index in [-0.39, 0.29) is 0 Å². The fraction of sp³-hybridized carbons (Fsp3) is 0.533. The van der Waals surface area contributed by atoms with Crippen molar-refractivity contribution in [2.24, 2.45) is 0 Å². The van der Waals surface area contributed by atoms with Crippen LogP contribution in [0.3, 0.4) is 0 Å². The molecule has 1 aliphatic heterocycles. The fourth-order valence-electron chi connectivity index (χ4n) is 2.40. The molecule has 7 nitrogen and oxygen atoms in total. The monoisotopic (exact) mass is 310 g/mol. The summed E-state index contributed by atoms with van der Waals surface area (Å²) in [6.07, 6.45) is 1.92. The van der Waals surface area contributed by atoms with Gasteiger partial charge in [0.05, 0.1) is 6.42 Å². The number of aromatic nitrogens is 1. The Morgan fingerprint density at radius 2 is 2.14 bits per heavy atom. The maximum atomic E-state index is 9.72. The number of likely N-dealkylation sites (tertiary alicyclic amines) is 1. The number of pyridine rings is 1. The molecular formula is C15H22N2O5. The Balaban J connectivity index is 0.000000239. The molecule has 2 heterocycles. The van der Waals surface area contributed by atoms with Gasteiger partial charge in [0.25, 0.3) is 0 Å². The lowest BCUT2D eigenvalue weighted by atomic mass is 10.0. The zero-order valence-electron chi connectivity index (χ0n) is 12.8. The van der Waals surface area contributed by atoms with Crippen LogP contribution in [0.25, 0.3) is 0 Å². The van der Waals surface area contributed by atoms with Gasteiger partial charge in [0.2, 0.25) is 0 Å². The number of carbonyl (C=O) groups is 2. The molecule has 0 saturated carbocycles. The number of aliphatic carboxylic acids is 2. The maximum absolute atomic E-state index is 9.72. The molecule has 1 saturated heterocycles. The summed E-state index contributed by atoms with van der Waals surface area (Å²) < 4.78 is 0. The van der Waals surface area contributed by atoms with Crippen molar-refractivity contribution in [1.29, 1.82) is 0 Å². The van der Waals surface area contributed by atoms with Crippen molar-refractivity contribution in [1.82, 2.24) is 9.88 Å². The summed E-state index contributed by atoms with van der Waals surface area (Å²) in [7, 11) is 2.20. The Labute approximate surface area is 129 Å². The molecule has 22 heavy (non-hydrogen) atoms. The van der Waals surface area contributed by atoms with Crippen LogP contribution in [0.5, 0.6) is 0 Å². The smallest absolute Gasteiger partial charge is 0.333 e. The molecule has 1 aromatic rings. The van der Waals surface area contributed by atoms with E-state index in [0.717, 1.165) is 0 Å². The standard InChI is InChI=1S/C11H16N2.C4H6O5/c1-9-10(5-3-7-12-9)11-6-4-8-13(11)2;5-2(4(8)9)1-3(6)7/h3,5,7,11H,4,6,8H2,1-2H3;2,5H,1H2,(H,6,7)(H,8,9)/t11-;2-/m00/s1. The first-order valence-corrected chi connectivity index (χ1v) is 7.07. The van der Waals surface area contributed by atoms with Crippen molar-refractivity contribution in [3.63, 3.8) is 0 Å². The predicted molar refractivity (Wildman–Crippen MR) is 79.5 cm³/mol. The number of carboxylic acids is 2. The Bertz CT molecular complexity index is 520. The summed E-state index contributed by atoms with van der Waals surface area (Å²) >= 11 is 0. The van der Waals surface area contributed by atoms with Gasteiger partial charge in [0.1, 0.15) is 0 Å². The van der Waals surface area contributed by atoms with Crippen LogP contribution in [0.1, 0.15) is 36.6 Å². The fourth-order valence-corrected chi connectivity index (χ4v) is 2.40. The molecule has 0 amide bonds. The number of aliphatic hydroxyl groups excluding tert-OH is 1. The number of nitrogens with zero attached hydrogens (tertiary/aromatic N) is 2. The van der Waals surface area contributed by atoms with Crippen molar-refractivity contribution in [2.45, 2.75) is 38.3 Å². The minimum Gasteiger partial charge on any atom is -0.481 e. The molecule has 0 radical (unpaired) electrons. The van der Waals surface area contributed by atoms with Gasteiger partial charge < -0.3 is 15.3 Å². The number of hydrogen-bond acceptors (Lipinski definition) is 5. The molecule has 7 heteroatoms. The molecule has 2 rings (SSSR count). The summed E-state index contributed by atoms with van der Waals surface area (Å²) in [5.41, 5.74) is 2.59. The molecule has 122 valence electrons. The second-order valence-electron chi connectivity index (χ2n) is 5.27. The summed E-state index contributed by atoms with van der Waals surface area (Å²) in [5, 5.41) is 24.1. The van der Waals surface area contributed by atoms with Crippen LogP contribution in [0.15, 0.2) is 18.3 Å². The summed E-state index contributed by atoms with van der Waals surface area (Å²) in [4.78, 5) is 26.2. The Morgan fingerprint density at radius 3 is 2.55 bits per heavy atom. The topological polar surface area (TPSA) is 111 Å². The van der Waals surface area contributed by atoms with E-state index in [0.29, 0.717) is 6.04 Å². The van der Waals surface area contributed by atoms with Crippen molar-refractivity contribution < 1.29 is 24.9 Å². The average molecular weight is 310 g/mol. The van der Waals surface area contributed by atoms with Crippen LogP contribution >= 0.6 is 0 Å². The number of hydrogen-bond donors (Lipinski definition) is 3. The number of rotatable bonds is 4. The number of aryl methyl sites for hydroxylation is 1. The highest BCUT2D eigenvalue weighted by atomic mass is 16.4. The Kier molecular flexibility index (Phi) is 6.94. The normalized spacial score (nSPS) is 19.1.